The fraction of sp³-hybridized carbons (Fsp3) is 0.647. The monoisotopic (exact) mass is 243 g/mol. The molecule has 1 aliphatic heterocycles. The van der Waals surface area contributed by atoms with Crippen LogP contribution in [0, 0.1) is 17.8 Å². The highest BCUT2D eigenvalue weighted by Crippen LogP contribution is 2.46. The van der Waals surface area contributed by atoms with Crippen molar-refractivity contribution in [1.82, 2.24) is 5.32 Å². The predicted octanol–water partition coefficient (Wildman–Crippen LogP) is 3.81. The normalized spacial score (nSPS) is 39.6. The molecule has 1 N–H and O–H groups in total. The van der Waals surface area contributed by atoms with E-state index in [1.807, 2.05) is 0 Å². The summed E-state index contributed by atoms with van der Waals surface area (Å²) in [6, 6.07) is 12.0. The SMILES string of the molecule is CCC1CC(c2ccccc2)C2CC1NCC2C. The third-order valence-corrected chi connectivity index (χ3v) is 5.35. The van der Waals surface area contributed by atoms with Crippen LogP contribution in [0.2, 0.25) is 0 Å². The summed E-state index contributed by atoms with van der Waals surface area (Å²) in [5.74, 6) is 3.38. The van der Waals surface area contributed by atoms with E-state index in [4.69, 9.17) is 0 Å². The third kappa shape index (κ3) is 2.09. The summed E-state index contributed by atoms with van der Waals surface area (Å²) in [6.07, 6.45) is 4.09. The van der Waals surface area contributed by atoms with Gasteiger partial charge in [0.15, 0.2) is 0 Å². The summed E-state index contributed by atoms with van der Waals surface area (Å²) in [4.78, 5) is 0. The molecular weight excluding hydrogens is 218 g/mol. The average Bonchev–Trinajstić information content (AvgIpc) is 2.44. The summed E-state index contributed by atoms with van der Waals surface area (Å²) in [5.41, 5.74) is 1.58. The van der Waals surface area contributed by atoms with Crippen LogP contribution in [-0.2, 0) is 0 Å². The molecule has 3 rings (SSSR count). The third-order valence-electron chi connectivity index (χ3n) is 5.35. The Balaban J connectivity index is 1.88. The highest BCUT2D eigenvalue weighted by atomic mass is 14.9. The van der Waals surface area contributed by atoms with Crippen LogP contribution >= 0.6 is 0 Å². The molecule has 5 unspecified atom stereocenters. The van der Waals surface area contributed by atoms with Crippen LogP contribution < -0.4 is 5.32 Å². The Morgan fingerprint density at radius 1 is 1.17 bits per heavy atom. The van der Waals surface area contributed by atoms with Gasteiger partial charge >= 0.3 is 0 Å². The van der Waals surface area contributed by atoms with E-state index in [1.54, 1.807) is 5.56 Å². The predicted molar refractivity (Wildman–Crippen MR) is 76.6 cm³/mol. The van der Waals surface area contributed by atoms with Crippen molar-refractivity contribution in [1.29, 1.82) is 0 Å². The van der Waals surface area contributed by atoms with Crippen molar-refractivity contribution in [3.63, 3.8) is 0 Å². The van der Waals surface area contributed by atoms with E-state index in [1.165, 1.54) is 25.8 Å². The number of hydrogen-bond donors (Lipinski definition) is 1. The number of nitrogens with one attached hydrogen (secondary N) is 1. The van der Waals surface area contributed by atoms with Crippen LogP contribution in [0.1, 0.15) is 44.6 Å². The van der Waals surface area contributed by atoms with Gasteiger partial charge in [-0.25, -0.2) is 0 Å². The van der Waals surface area contributed by atoms with E-state index < -0.39 is 0 Å². The first-order valence-electron chi connectivity index (χ1n) is 7.58. The van der Waals surface area contributed by atoms with Crippen LogP contribution in [0.5, 0.6) is 0 Å². The highest BCUT2D eigenvalue weighted by molar-refractivity contribution is 5.22. The lowest BCUT2D eigenvalue weighted by molar-refractivity contribution is 0.0892. The highest BCUT2D eigenvalue weighted by Gasteiger charge is 2.41. The Kier molecular flexibility index (Phi) is 3.43. The lowest BCUT2D eigenvalue weighted by atomic mass is 9.62. The fourth-order valence-electron chi connectivity index (χ4n) is 4.22. The molecule has 1 heteroatoms. The molecule has 2 bridgehead atoms. The smallest absolute Gasteiger partial charge is 0.00985 e. The van der Waals surface area contributed by atoms with Gasteiger partial charge in [0.2, 0.25) is 0 Å². The first kappa shape index (κ1) is 12.2. The first-order valence-corrected chi connectivity index (χ1v) is 7.58. The molecule has 0 aromatic heterocycles. The van der Waals surface area contributed by atoms with Crippen LogP contribution in [0.25, 0.3) is 0 Å². The zero-order chi connectivity index (χ0) is 12.5. The summed E-state index contributed by atoms with van der Waals surface area (Å²) < 4.78 is 0. The van der Waals surface area contributed by atoms with Crippen molar-refractivity contribution in [2.24, 2.45) is 17.8 Å². The topological polar surface area (TPSA) is 12.0 Å². The number of benzene rings is 1. The van der Waals surface area contributed by atoms with Crippen LogP contribution in [0.4, 0.5) is 0 Å². The minimum Gasteiger partial charge on any atom is -0.313 e. The van der Waals surface area contributed by atoms with Crippen LogP contribution in [-0.4, -0.2) is 12.6 Å². The molecule has 2 fully saturated rings. The number of fused-ring (bicyclic) bond motifs is 2. The molecule has 1 aromatic carbocycles. The second-order valence-electron chi connectivity index (χ2n) is 6.31. The molecular formula is C17H25N. The van der Waals surface area contributed by atoms with E-state index in [-0.39, 0.29) is 0 Å². The molecule has 18 heavy (non-hydrogen) atoms. The molecule has 98 valence electrons. The minimum absolute atomic E-state index is 0.788. The molecule has 0 amide bonds. The van der Waals surface area contributed by atoms with Gasteiger partial charge in [0.05, 0.1) is 0 Å². The Bertz CT molecular complexity index is 386. The van der Waals surface area contributed by atoms with E-state index in [0.29, 0.717) is 0 Å². The second-order valence-corrected chi connectivity index (χ2v) is 6.31. The van der Waals surface area contributed by atoms with Crippen LogP contribution in [0.3, 0.4) is 0 Å². The molecule has 0 spiro atoms. The lowest BCUT2D eigenvalue weighted by Crippen LogP contribution is -2.52. The van der Waals surface area contributed by atoms with Crippen molar-refractivity contribution >= 4 is 0 Å². The second kappa shape index (κ2) is 5.05. The fourth-order valence-corrected chi connectivity index (χ4v) is 4.22. The summed E-state index contributed by atoms with van der Waals surface area (Å²) in [6.45, 7) is 6.00. The molecule has 5 atom stereocenters. The van der Waals surface area contributed by atoms with Gasteiger partial charge < -0.3 is 5.32 Å². The van der Waals surface area contributed by atoms with E-state index >= 15 is 0 Å². The molecule has 1 aliphatic carbocycles. The van der Waals surface area contributed by atoms with Gasteiger partial charge in [-0.05, 0) is 48.6 Å². The quantitative estimate of drug-likeness (QED) is 0.833. The van der Waals surface area contributed by atoms with Gasteiger partial charge in [-0.2, -0.15) is 0 Å². The van der Waals surface area contributed by atoms with Gasteiger partial charge in [-0.15, -0.1) is 0 Å². The van der Waals surface area contributed by atoms with Crippen molar-refractivity contribution in [3.05, 3.63) is 35.9 Å². The van der Waals surface area contributed by atoms with Crippen molar-refractivity contribution < 1.29 is 0 Å². The molecule has 1 heterocycles. The standard InChI is InChI=1S/C17H25N/c1-3-13-9-16(14-7-5-4-6-8-14)15-10-17(13)18-11-12(15)2/h4-8,12-13,15-18H,3,9-11H2,1-2H3. The Morgan fingerprint density at radius 2 is 1.94 bits per heavy atom. The largest absolute Gasteiger partial charge is 0.313 e. The zero-order valence-electron chi connectivity index (χ0n) is 11.6. The maximum atomic E-state index is 3.77. The molecule has 1 saturated heterocycles. The van der Waals surface area contributed by atoms with Crippen LogP contribution in [0.15, 0.2) is 30.3 Å². The molecule has 0 radical (unpaired) electrons. The Hall–Kier alpha value is -0.820. The van der Waals surface area contributed by atoms with Gasteiger partial charge in [-0.3, -0.25) is 0 Å². The van der Waals surface area contributed by atoms with E-state index in [2.05, 4.69) is 49.5 Å². The molecule has 1 saturated carbocycles. The number of rotatable bonds is 2. The maximum Gasteiger partial charge on any atom is 0.00985 e. The van der Waals surface area contributed by atoms with Gasteiger partial charge in [-0.1, -0.05) is 50.6 Å². The molecule has 1 nitrogen and oxygen atoms in total. The van der Waals surface area contributed by atoms with E-state index in [0.717, 1.165) is 29.7 Å². The summed E-state index contributed by atoms with van der Waals surface area (Å²) in [5, 5.41) is 3.77. The van der Waals surface area contributed by atoms with Gasteiger partial charge in [0.1, 0.15) is 0 Å². The molecule has 1 aromatic rings. The van der Waals surface area contributed by atoms with E-state index in [9.17, 15) is 0 Å². The Morgan fingerprint density at radius 3 is 2.67 bits per heavy atom. The summed E-state index contributed by atoms with van der Waals surface area (Å²) >= 11 is 0. The van der Waals surface area contributed by atoms with Gasteiger partial charge in [0, 0.05) is 6.04 Å². The molecule has 2 aliphatic rings. The van der Waals surface area contributed by atoms with Crippen molar-refractivity contribution in [2.45, 2.75) is 45.1 Å². The lowest BCUT2D eigenvalue weighted by Gasteiger charge is -2.48. The number of piperidine rings is 1. The number of hydrogen-bond acceptors (Lipinski definition) is 1. The Labute approximate surface area is 111 Å². The van der Waals surface area contributed by atoms with Crippen molar-refractivity contribution in [2.75, 3.05) is 6.54 Å². The van der Waals surface area contributed by atoms with Gasteiger partial charge in [0.25, 0.3) is 0 Å². The first-order chi connectivity index (χ1) is 8.79. The summed E-state index contributed by atoms with van der Waals surface area (Å²) in [7, 11) is 0. The maximum absolute atomic E-state index is 3.77. The van der Waals surface area contributed by atoms with Crippen molar-refractivity contribution in [3.8, 4) is 0 Å². The average molecular weight is 243 g/mol. The minimum atomic E-state index is 0.788. The zero-order valence-corrected chi connectivity index (χ0v) is 11.6.